The summed E-state index contributed by atoms with van der Waals surface area (Å²) in [6.07, 6.45) is 1.85. The van der Waals surface area contributed by atoms with Crippen molar-refractivity contribution in [3.63, 3.8) is 0 Å². The van der Waals surface area contributed by atoms with Gasteiger partial charge < -0.3 is 15.3 Å². The van der Waals surface area contributed by atoms with Gasteiger partial charge in [-0.05, 0) is 6.42 Å². The lowest BCUT2D eigenvalue weighted by Gasteiger charge is -2.27. The first kappa shape index (κ1) is 17.6. The molecule has 0 spiro atoms. The Hall–Kier alpha value is -1.44. The van der Waals surface area contributed by atoms with Crippen molar-refractivity contribution in [3.05, 3.63) is 0 Å². The van der Waals surface area contributed by atoms with E-state index in [0.717, 1.165) is 12.8 Å². The number of nitrogens with one attached hydrogen (secondary N) is 1. The van der Waals surface area contributed by atoms with Crippen molar-refractivity contribution in [1.29, 1.82) is 0 Å². The molecule has 1 fully saturated rings. The summed E-state index contributed by atoms with van der Waals surface area (Å²) in [6.45, 7) is 2.21. The molecule has 1 rings (SSSR count). The molecule has 0 aromatic heterocycles. The van der Waals surface area contributed by atoms with Gasteiger partial charge in [-0.3, -0.25) is 9.69 Å². The maximum atomic E-state index is 12.2. The fraction of sp³-hybridized carbons (Fsp3) is 0.769. The van der Waals surface area contributed by atoms with E-state index < -0.39 is 18.0 Å². The lowest BCUT2D eigenvalue weighted by Crippen LogP contribution is -2.50. The summed E-state index contributed by atoms with van der Waals surface area (Å²) < 4.78 is 0. The van der Waals surface area contributed by atoms with Crippen LogP contribution in [0.15, 0.2) is 0 Å². The van der Waals surface area contributed by atoms with E-state index in [4.69, 9.17) is 0 Å². The normalized spacial score (nSPS) is 21.2. The van der Waals surface area contributed by atoms with Crippen molar-refractivity contribution < 1.29 is 19.5 Å². The van der Waals surface area contributed by atoms with Crippen LogP contribution in [0.1, 0.15) is 26.2 Å². The van der Waals surface area contributed by atoms with Crippen LogP contribution in [0.25, 0.3) is 0 Å². The number of thioether (sulfide) groups is 1. The maximum absolute atomic E-state index is 12.2. The van der Waals surface area contributed by atoms with Crippen LogP contribution >= 0.6 is 11.8 Å². The molecule has 0 aliphatic carbocycles. The Morgan fingerprint density at radius 3 is 2.57 bits per heavy atom. The molecule has 3 amide bonds. The minimum atomic E-state index is -0.986. The maximum Gasteiger partial charge on any atom is 0.327 e. The number of hydrogen-bond donors (Lipinski definition) is 2. The molecule has 1 saturated heterocycles. The Morgan fingerprint density at radius 2 is 2.05 bits per heavy atom. The van der Waals surface area contributed by atoms with Gasteiger partial charge in [-0.15, -0.1) is 11.8 Å². The predicted molar refractivity (Wildman–Crippen MR) is 81.1 cm³/mol. The van der Waals surface area contributed by atoms with Crippen LogP contribution in [0.5, 0.6) is 0 Å². The minimum absolute atomic E-state index is 0.0778. The number of carbonyl (C=O) groups excluding carboxylic acids is 2. The number of amides is 3. The van der Waals surface area contributed by atoms with Crippen molar-refractivity contribution in [2.45, 2.75) is 37.6 Å². The fourth-order valence-electron chi connectivity index (χ4n) is 2.09. The third kappa shape index (κ3) is 4.80. The topological polar surface area (TPSA) is 90.0 Å². The fourth-order valence-corrected chi connectivity index (χ4v) is 3.60. The zero-order chi connectivity index (χ0) is 16.0. The van der Waals surface area contributed by atoms with E-state index in [9.17, 15) is 19.5 Å². The molecule has 2 N–H and O–H groups in total. The summed E-state index contributed by atoms with van der Waals surface area (Å²) in [6, 6.07) is -1.20. The van der Waals surface area contributed by atoms with Crippen LogP contribution < -0.4 is 5.32 Å². The summed E-state index contributed by atoms with van der Waals surface area (Å²) in [5, 5.41) is 11.7. The summed E-state index contributed by atoms with van der Waals surface area (Å²) in [5.74, 6) is -0.657. The third-order valence-corrected chi connectivity index (χ3v) is 4.62. The van der Waals surface area contributed by atoms with Gasteiger partial charge in [0.1, 0.15) is 6.04 Å². The Morgan fingerprint density at radius 1 is 1.38 bits per heavy atom. The first-order chi connectivity index (χ1) is 9.88. The Bertz CT molecular complexity index is 403. The zero-order valence-corrected chi connectivity index (χ0v) is 13.5. The number of carboxylic acid groups (broad SMARTS) is 1. The highest BCUT2D eigenvalue weighted by molar-refractivity contribution is 8.00. The second-order valence-corrected chi connectivity index (χ2v) is 6.32. The van der Waals surface area contributed by atoms with E-state index in [1.165, 1.54) is 21.6 Å². The molecule has 0 aromatic carbocycles. The molecule has 0 aromatic rings. The van der Waals surface area contributed by atoms with Crippen LogP contribution in [0.4, 0.5) is 4.79 Å². The Labute approximate surface area is 129 Å². The monoisotopic (exact) mass is 317 g/mol. The van der Waals surface area contributed by atoms with Gasteiger partial charge in [-0.2, -0.15) is 0 Å². The molecule has 1 aliphatic rings. The van der Waals surface area contributed by atoms with Gasteiger partial charge in [-0.25, -0.2) is 9.59 Å². The smallest absolute Gasteiger partial charge is 0.327 e. The van der Waals surface area contributed by atoms with E-state index in [0.29, 0.717) is 5.75 Å². The van der Waals surface area contributed by atoms with Gasteiger partial charge in [-0.1, -0.05) is 13.3 Å². The van der Waals surface area contributed by atoms with Gasteiger partial charge in [0.05, 0.1) is 5.37 Å². The van der Waals surface area contributed by atoms with Crippen LogP contribution in [0.3, 0.4) is 0 Å². The predicted octanol–water partition coefficient (Wildman–Crippen LogP) is 0.803. The summed E-state index contributed by atoms with van der Waals surface area (Å²) >= 11 is 1.49. The molecular weight excluding hydrogens is 294 g/mol. The van der Waals surface area contributed by atoms with Gasteiger partial charge in [0.2, 0.25) is 5.91 Å². The van der Waals surface area contributed by atoms with Crippen molar-refractivity contribution >= 4 is 29.7 Å². The van der Waals surface area contributed by atoms with Gasteiger partial charge >= 0.3 is 12.0 Å². The number of nitrogens with zero attached hydrogens (tertiary/aromatic N) is 2. The molecule has 120 valence electrons. The molecule has 0 radical (unpaired) electrons. The number of aliphatic carboxylic acids is 1. The molecule has 2 unspecified atom stereocenters. The zero-order valence-electron chi connectivity index (χ0n) is 12.7. The second-order valence-electron chi connectivity index (χ2n) is 5.11. The SMILES string of the molecule is CCCC1SCC(C(=O)O)N1C(=O)NCCC(=O)N(C)C. The number of rotatable bonds is 6. The van der Waals surface area contributed by atoms with Crippen LogP contribution in [-0.4, -0.2) is 70.6 Å². The lowest BCUT2D eigenvalue weighted by molar-refractivity contribution is -0.141. The quantitative estimate of drug-likeness (QED) is 0.756. The standard InChI is InChI=1S/C13H23N3O4S/c1-4-5-11-16(9(8-21-11)12(18)19)13(20)14-7-6-10(17)15(2)3/h9,11H,4-8H2,1-3H3,(H,14,20)(H,18,19). The molecule has 7 nitrogen and oxygen atoms in total. The van der Waals surface area contributed by atoms with Crippen LogP contribution in [-0.2, 0) is 9.59 Å². The van der Waals surface area contributed by atoms with Gasteiger partial charge in [0, 0.05) is 32.8 Å². The van der Waals surface area contributed by atoms with Gasteiger partial charge in [0.15, 0.2) is 0 Å². The summed E-state index contributed by atoms with van der Waals surface area (Å²) in [5.41, 5.74) is 0. The minimum Gasteiger partial charge on any atom is -0.480 e. The highest BCUT2D eigenvalue weighted by Gasteiger charge is 2.41. The van der Waals surface area contributed by atoms with Crippen molar-refractivity contribution in [1.82, 2.24) is 15.1 Å². The number of hydrogen-bond acceptors (Lipinski definition) is 4. The van der Waals surface area contributed by atoms with Crippen molar-refractivity contribution in [2.24, 2.45) is 0 Å². The average molecular weight is 317 g/mol. The lowest BCUT2D eigenvalue weighted by atomic mass is 10.2. The van der Waals surface area contributed by atoms with E-state index in [-0.39, 0.29) is 24.2 Å². The molecular formula is C13H23N3O4S. The third-order valence-electron chi connectivity index (χ3n) is 3.26. The first-order valence-electron chi connectivity index (χ1n) is 6.99. The summed E-state index contributed by atoms with van der Waals surface area (Å²) in [4.78, 5) is 37.8. The number of carbonyl (C=O) groups is 3. The first-order valence-corrected chi connectivity index (χ1v) is 8.04. The number of urea groups is 1. The second kappa shape index (κ2) is 8.11. The van der Waals surface area contributed by atoms with Crippen molar-refractivity contribution in [3.8, 4) is 0 Å². The van der Waals surface area contributed by atoms with Crippen LogP contribution in [0.2, 0.25) is 0 Å². The molecule has 1 aliphatic heterocycles. The van der Waals surface area contributed by atoms with Gasteiger partial charge in [0.25, 0.3) is 0 Å². The Balaban J connectivity index is 2.58. The van der Waals surface area contributed by atoms with E-state index in [1.807, 2.05) is 6.92 Å². The van der Waals surface area contributed by atoms with Crippen molar-refractivity contribution in [2.75, 3.05) is 26.4 Å². The summed E-state index contributed by atoms with van der Waals surface area (Å²) in [7, 11) is 3.30. The van der Waals surface area contributed by atoms with E-state index >= 15 is 0 Å². The largest absolute Gasteiger partial charge is 0.480 e. The highest BCUT2D eigenvalue weighted by Crippen LogP contribution is 2.32. The van der Waals surface area contributed by atoms with Crippen LogP contribution in [0, 0.1) is 0 Å². The molecule has 8 heteroatoms. The molecule has 1 heterocycles. The highest BCUT2D eigenvalue weighted by atomic mass is 32.2. The van der Waals surface area contributed by atoms with E-state index in [2.05, 4.69) is 5.32 Å². The molecule has 2 atom stereocenters. The molecule has 21 heavy (non-hydrogen) atoms. The average Bonchev–Trinajstić information content (AvgIpc) is 2.82. The van der Waals surface area contributed by atoms with E-state index in [1.54, 1.807) is 14.1 Å². The Kier molecular flexibility index (Phi) is 6.80. The number of carboxylic acids is 1. The molecule has 0 saturated carbocycles. The molecule has 0 bridgehead atoms.